The lowest BCUT2D eigenvalue weighted by atomic mass is 10.0. The quantitative estimate of drug-likeness (QED) is 0.719. The number of ether oxygens (including phenoxy) is 2. The third kappa shape index (κ3) is 3.88. The Hall–Kier alpha value is -2.83. The van der Waals surface area contributed by atoms with Crippen LogP contribution in [-0.2, 0) is 0 Å². The summed E-state index contributed by atoms with van der Waals surface area (Å²) in [7, 11) is 0. The summed E-state index contributed by atoms with van der Waals surface area (Å²) in [6.45, 7) is 3.13. The van der Waals surface area contributed by atoms with Crippen LogP contribution in [0.5, 0.6) is 11.5 Å². The Morgan fingerprint density at radius 1 is 1.14 bits per heavy atom. The fourth-order valence-electron chi connectivity index (χ4n) is 3.32. The molecule has 1 aliphatic heterocycles. The molecule has 0 saturated carbocycles. The third-order valence-corrected chi connectivity index (χ3v) is 4.83. The second-order valence-corrected chi connectivity index (χ2v) is 6.58. The van der Waals surface area contributed by atoms with Gasteiger partial charge in [0, 0.05) is 11.7 Å². The number of benzene rings is 2. The Labute approximate surface area is 163 Å². The van der Waals surface area contributed by atoms with Gasteiger partial charge in [-0.3, -0.25) is 4.79 Å². The standard InChI is InChI=1S/C21H24F2N2O3/c1-4-13(3)25-19(24-16-9-7-6-8-15(16)20(25)26)14-10-11-17(28-21(22)23)18(12-14)27-5-2/h6-13,19,21,24H,4-5H2,1-3H3/t13-,19+/m0/s1. The van der Waals surface area contributed by atoms with Gasteiger partial charge in [0.2, 0.25) is 0 Å². The molecular formula is C21H24F2N2O3. The molecule has 7 heteroatoms. The third-order valence-electron chi connectivity index (χ3n) is 4.83. The van der Waals surface area contributed by atoms with Crippen LogP contribution in [-0.4, -0.2) is 30.1 Å². The fourth-order valence-corrected chi connectivity index (χ4v) is 3.32. The van der Waals surface area contributed by atoms with Crippen molar-refractivity contribution in [2.75, 3.05) is 11.9 Å². The second kappa shape index (κ2) is 8.46. The van der Waals surface area contributed by atoms with Crippen LogP contribution in [0.1, 0.15) is 49.3 Å². The number of hydrogen-bond donors (Lipinski definition) is 1. The van der Waals surface area contributed by atoms with E-state index in [4.69, 9.17) is 4.74 Å². The summed E-state index contributed by atoms with van der Waals surface area (Å²) in [6, 6.07) is 12.1. The fraction of sp³-hybridized carbons (Fsp3) is 0.381. The van der Waals surface area contributed by atoms with Crippen molar-refractivity contribution >= 4 is 11.6 Å². The Balaban J connectivity index is 2.04. The lowest BCUT2D eigenvalue weighted by Gasteiger charge is -2.41. The zero-order chi connectivity index (χ0) is 20.3. The number of carbonyl (C=O) groups is 1. The predicted octanol–water partition coefficient (Wildman–Crippen LogP) is 5.05. The van der Waals surface area contributed by atoms with Gasteiger partial charge in [-0.2, -0.15) is 8.78 Å². The molecule has 0 spiro atoms. The van der Waals surface area contributed by atoms with E-state index in [1.807, 2.05) is 32.0 Å². The van der Waals surface area contributed by atoms with E-state index in [2.05, 4.69) is 10.1 Å². The van der Waals surface area contributed by atoms with Crippen molar-refractivity contribution < 1.29 is 23.0 Å². The molecule has 0 saturated heterocycles. The van der Waals surface area contributed by atoms with E-state index in [0.29, 0.717) is 12.2 Å². The molecule has 2 aromatic rings. The molecule has 0 aliphatic carbocycles. The number of anilines is 1. The second-order valence-electron chi connectivity index (χ2n) is 6.58. The highest BCUT2D eigenvalue weighted by Gasteiger charge is 2.35. The average molecular weight is 390 g/mol. The van der Waals surface area contributed by atoms with Crippen LogP contribution in [0.25, 0.3) is 0 Å². The minimum atomic E-state index is -2.94. The molecule has 0 fully saturated rings. The van der Waals surface area contributed by atoms with Crippen molar-refractivity contribution in [3.8, 4) is 11.5 Å². The molecule has 150 valence electrons. The molecule has 0 aromatic heterocycles. The molecule has 0 bridgehead atoms. The molecule has 1 heterocycles. The van der Waals surface area contributed by atoms with Crippen molar-refractivity contribution in [3.05, 3.63) is 53.6 Å². The van der Waals surface area contributed by atoms with Crippen LogP contribution in [0.3, 0.4) is 0 Å². The topological polar surface area (TPSA) is 50.8 Å². The highest BCUT2D eigenvalue weighted by atomic mass is 19.3. The Kier molecular flexibility index (Phi) is 6.02. The summed E-state index contributed by atoms with van der Waals surface area (Å²) >= 11 is 0. The van der Waals surface area contributed by atoms with Crippen LogP contribution in [0.4, 0.5) is 14.5 Å². The Bertz CT molecular complexity index is 844. The highest BCUT2D eigenvalue weighted by molar-refractivity contribution is 6.01. The van der Waals surface area contributed by atoms with Gasteiger partial charge in [0.05, 0.1) is 12.2 Å². The zero-order valence-electron chi connectivity index (χ0n) is 16.1. The lowest BCUT2D eigenvalue weighted by Crippen LogP contribution is -2.47. The van der Waals surface area contributed by atoms with Gasteiger partial charge in [-0.15, -0.1) is 0 Å². The zero-order valence-corrected chi connectivity index (χ0v) is 16.1. The van der Waals surface area contributed by atoms with Gasteiger partial charge >= 0.3 is 6.61 Å². The van der Waals surface area contributed by atoms with Gasteiger partial charge < -0.3 is 19.7 Å². The van der Waals surface area contributed by atoms with E-state index in [1.165, 1.54) is 6.07 Å². The van der Waals surface area contributed by atoms with Gasteiger partial charge in [-0.1, -0.05) is 25.1 Å². The molecule has 2 atom stereocenters. The number of carbonyl (C=O) groups excluding carboxylic acids is 1. The first-order valence-corrected chi connectivity index (χ1v) is 9.36. The summed E-state index contributed by atoms with van der Waals surface area (Å²) in [4.78, 5) is 14.9. The van der Waals surface area contributed by atoms with E-state index in [0.717, 1.165) is 17.7 Å². The van der Waals surface area contributed by atoms with E-state index >= 15 is 0 Å². The maximum atomic E-state index is 13.2. The van der Waals surface area contributed by atoms with Crippen LogP contribution >= 0.6 is 0 Å². The monoisotopic (exact) mass is 390 g/mol. The van der Waals surface area contributed by atoms with Crippen molar-refractivity contribution in [3.63, 3.8) is 0 Å². The molecule has 1 N–H and O–H groups in total. The van der Waals surface area contributed by atoms with E-state index in [-0.39, 0.29) is 23.4 Å². The number of fused-ring (bicyclic) bond motifs is 1. The summed E-state index contributed by atoms with van der Waals surface area (Å²) in [5.41, 5.74) is 2.08. The number of amides is 1. The molecular weight excluding hydrogens is 366 g/mol. The number of rotatable bonds is 7. The van der Waals surface area contributed by atoms with Gasteiger partial charge in [0.25, 0.3) is 5.91 Å². The summed E-state index contributed by atoms with van der Waals surface area (Å²) < 4.78 is 35.4. The van der Waals surface area contributed by atoms with Gasteiger partial charge in [-0.05, 0) is 50.1 Å². The first-order valence-electron chi connectivity index (χ1n) is 9.36. The van der Waals surface area contributed by atoms with Gasteiger partial charge in [-0.25, -0.2) is 0 Å². The maximum Gasteiger partial charge on any atom is 0.387 e. The Morgan fingerprint density at radius 2 is 1.89 bits per heavy atom. The largest absolute Gasteiger partial charge is 0.490 e. The SMILES string of the molecule is CCOc1cc([C@@H]2Nc3ccccc3C(=O)N2[C@@H](C)CC)ccc1OC(F)F. The van der Waals surface area contributed by atoms with Crippen LogP contribution in [0.15, 0.2) is 42.5 Å². The highest BCUT2D eigenvalue weighted by Crippen LogP contribution is 2.38. The molecule has 1 aliphatic rings. The summed E-state index contributed by atoms with van der Waals surface area (Å²) in [5.74, 6) is 0.121. The van der Waals surface area contributed by atoms with Crippen LogP contribution < -0.4 is 14.8 Å². The minimum Gasteiger partial charge on any atom is -0.490 e. The van der Waals surface area contributed by atoms with E-state index in [9.17, 15) is 13.6 Å². The van der Waals surface area contributed by atoms with Gasteiger partial charge in [0.1, 0.15) is 6.17 Å². The van der Waals surface area contributed by atoms with Crippen LogP contribution in [0.2, 0.25) is 0 Å². The average Bonchev–Trinajstić information content (AvgIpc) is 2.68. The van der Waals surface area contributed by atoms with Crippen molar-refractivity contribution in [2.45, 2.75) is 46.0 Å². The first kappa shape index (κ1) is 19.9. The predicted molar refractivity (Wildman–Crippen MR) is 103 cm³/mol. The number of alkyl halides is 2. The number of halogens is 2. The molecule has 1 amide bonds. The van der Waals surface area contributed by atoms with Crippen molar-refractivity contribution in [1.82, 2.24) is 4.90 Å². The molecule has 28 heavy (non-hydrogen) atoms. The molecule has 2 aromatic carbocycles. The van der Waals surface area contributed by atoms with E-state index in [1.54, 1.807) is 30.0 Å². The lowest BCUT2D eigenvalue weighted by molar-refractivity contribution is -0.0514. The normalized spacial score (nSPS) is 17.1. The van der Waals surface area contributed by atoms with Gasteiger partial charge in [0.15, 0.2) is 11.5 Å². The minimum absolute atomic E-state index is 0.0223. The number of nitrogens with one attached hydrogen (secondary N) is 1. The maximum absolute atomic E-state index is 13.2. The molecule has 0 unspecified atom stereocenters. The molecule has 5 nitrogen and oxygen atoms in total. The Morgan fingerprint density at radius 3 is 2.57 bits per heavy atom. The first-order chi connectivity index (χ1) is 13.5. The summed E-state index contributed by atoms with van der Waals surface area (Å²) in [5, 5.41) is 3.40. The number of para-hydroxylation sites is 1. The number of nitrogens with zero attached hydrogens (tertiary/aromatic N) is 1. The van der Waals surface area contributed by atoms with Crippen molar-refractivity contribution in [2.24, 2.45) is 0 Å². The van der Waals surface area contributed by atoms with Crippen LogP contribution in [0, 0.1) is 0 Å². The van der Waals surface area contributed by atoms with E-state index < -0.39 is 12.8 Å². The van der Waals surface area contributed by atoms with Crippen molar-refractivity contribution in [1.29, 1.82) is 0 Å². The smallest absolute Gasteiger partial charge is 0.387 e. The molecule has 3 rings (SSSR count). The summed E-state index contributed by atoms with van der Waals surface area (Å²) in [6.07, 6.45) is 0.328. The molecule has 0 radical (unpaired) electrons. The number of hydrogen-bond acceptors (Lipinski definition) is 4.